The molecular weight excluding hydrogens is 471 g/mol. The minimum absolute atomic E-state index is 0.0963. The summed E-state index contributed by atoms with van der Waals surface area (Å²) < 4.78 is 49.8. The molecule has 1 aliphatic carbocycles. The van der Waals surface area contributed by atoms with Gasteiger partial charge < -0.3 is 10.1 Å². The van der Waals surface area contributed by atoms with E-state index in [4.69, 9.17) is 4.74 Å². The average Bonchev–Trinajstić information content (AvgIpc) is 3.51. The van der Waals surface area contributed by atoms with Crippen molar-refractivity contribution >= 4 is 28.7 Å². The number of H-pyrrole nitrogens is 1. The SMILES string of the molecule is CC1=Cc2c(F)c(Oc3ncnc(Nc4cc(-c5ccc6nccnc6c5)[nH]n4)c3F)cc(F)c2C1. The maximum Gasteiger partial charge on any atom is 0.261 e. The van der Waals surface area contributed by atoms with Crippen LogP contribution in [0.15, 0.2) is 54.6 Å². The molecule has 1 aliphatic rings. The summed E-state index contributed by atoms with van der Waals surface area (Å²) in [4.78, 5) is 16.1. The number of hydrogen-bond donors (Lipinski definition) is 2. The van der Waals surface area contributed by atoms with Gasteiger partial charge in [-0.25, -0.2) is 13.8 Å². The minimum Gasteiger partial charge on any atom is -0.433 e. The molecule has 0 saturated carbocycles. The summed E-state index contributed by atoms with van der Waals surface area (Å²) in [6, 6.07) is 8.08. The highest BCUT2D eigenvalue weighted by Gasteiger charge is 2.24. The number of hydrogen-bond acceptors (Lipinski definition) is 7. The lowest BCUT2D eigenvalue weighted by atomic mass is 10.1. The summed E-state index contributed by atoms with van der Waals surface area (Å²) in [5.74, 6) is -3.42. The second kappa shape index (κ2) is 8.45. The zero-order valence-corrected chi connectivity index (χ0v) is 18.7. The smallest absolute Gasteiger partial charge is 0.261 e. The van der Waals surface area contributed by atoms with Gasteiger partial charge in [0.2, 0.25) is 5.82 Å². The third-order valence-corrected chi connectivity index (χ3v) is 5.74. The van der Waals surface area contributed by atoms with Gasteiger partial charge in [-0.1, -0.05) is 17.7 Å². The molecule has 178 valence electrons. The van der Waals surface area contributed by atoms with Crippen molar-refractivity contribution in [1.29, 1.82) is 0 Å². The van der Waals surface area contributed by atoms with Crippen LogP contribution in [0, 0.1) is 17.5 Å². The van der Waals surface area contributed by atoms with Crippen molar-refractivity contribution in [2.24, 2.45) is 0 Å². The molecular formula is C25H16F3N7O. The fourth-order valence-electron chi connectivity index (χ4n) is 4.04. The van der Waals surface area contributed by atoms with Gasteiger partial charge in [-0.3, -0.25) is 15.1 Å². The average molecular weight is 487 g/mol. The number of halogens is 3. The number of ether oxygens (including phenoxy) is 1. The molecule has 8 nitrogen and oxygen atoms in total. The zero-order chi connectivity index (χ0) is 24.8. The van der Waals surface area contributed by atoms with E-state index >= 15 is 4.39 Å². The molecule has 0 atom stereocenters. The summed E-state index contributed by atoms with van der Waals surface area (Å²) in [5.41, 5.74) is 4.07. The van der Waals surface area contributed by atoms with E-state index in [1.807, 2.05) is 18.2 Å². The molecule has 0 saturated heterocycles. The first-order valence-corrected chi connectivity index (χ1v) is 10.9. The van der Waals surface area contributed by atoms with Crippen molar-refractivity contribution in [3.8, 4) is 22.9 Å². The van der Waals surface area contributed by atoms with Crippen LogP contribution < -0.4 is 10.1 Å². The van der Waals surface area contributed by atoms with E-state index in [0.29, 0.717) is 17.6 Å². The van der Waals surface area contributed by atoms with Gasteiger partial charge in [0.05, 0.1) is 16.7 Å². The highest BCUT2D eigenvalue weighted by molar-refractivity contribution is 5.80. The molecule has 36 heavy (non-hydrogen) atoms. The summed E-state index contributed by atoms with van der Waals surface area (Å²) in [6.07, 6.45) is 6.11. The first kappa shape index (κ1) is 21.7. The van der Waals surface area contributed by atoms with Crippen LogP contribution in [0.4, 0.5) is 24.8 Å². The largest absolute Gasteiger partial charge is 0.433 e. The number of aromatic nitrogens is 6. The van der Waals surface area contributed by atoms with Crippen molar-refractivity contribution in [2.75, 3.05) is 5.32 Å². The Morgan fingerprint density at radius 3 is 2.64 bits per heavy atom. The van der Waals surface area contributed by atoms with Crippen LogP contribution in [0.1, 0.15) is 18.1 Å². The Morgan fingerprint density at radius 2 is 1.78 bits per heavy atom. The quantitative estimate of drug-likeness (QED) is 0.327. The predicted octanol–water partition coefficient (Wildman–Crippen LogP) is 5.72. The predicted molar refractivity (Wildman–Crippen MR) is 126 cm³/mol. The fourth-order valence-corrected chi connectivity index (χ4v) is 4.04. The Morgan fingerprint density at radius 1 is 0.944 bits per heavy atom. The number of fused-ring (bicyclic) bond motifs is 2. The van der Waals surface area contributed by atoms with Crippen LogP contribution in [-0.2, 0) is 6.42 Å². The van der Waals surface area contributed by atoms with Crippen LogP contribution in [0.3, 0.4) is 0 Å². The lowest BCUT2D eigenvalue weighted by molar-refractivity contribution is 0.393. The lowest BCUT2D eigenvalue weighted by Gasteiger charge is -2.11. The maximum atomic E-state index is 15.1. The summed E-state index contributed by atoms with van der Waals surface area (Å²) >= 11 is 0. The molecule has 0 aliphatic heterocycles. The highest BCUT2D eigenvalue weighted by atomic mass is 19.1. The topological polar surface area (TPSA) is 102 Å². The Bertz CT molecular complexity index is 1680. The first-order valence-electron chi connectivity index (χ1n) is 10.9. The van der Waals surface area contributed by atoms with Gasteiger partial charge in [0.1, 0.15) is 12.1 Å². The van der Waals surface area contributed by atoms with Gasteiger partial charge in [0, 0.05) is 41.2 Å². The monoisotopic (exact) mass is 487 g/mol. The summed E-state index contributed by atoms with van der Waals surface area (Å²) in [6.45, 7) is 1.77. The van der Waals surface area contributed by atoms with E-state index in [-0.39, 0.29) is 22.8 Å². The number of allylic oxidation sites excluding steroid dienone is 1. The van der Waals surface area contributed by atoms with E-state index in [1.165, 1.54) is 0 Å². The van der Waals surface area contributed by atoms with Gasteiger partial charge in [-0.05, 0) is 25.5 Å². The Hall–Kier alpha value is -4.80. The van der Waals surface area contributed by atoms with Gasteiger partial charge in [0.25, 0.3) is 5.88 Å². The van der Waals surface area contributed by atoms with E-state index in [9.17, 15) is 8.78 Å². The zero-order valence-electron chi connectivity index (χ0n) is 18.7. The van der Waals surface area contributed by atoms with Crippen LogP contribution >= 0.6 is 0 Å². The molecule has 0 amide bonds. The molecule has 11 heteroatoms. The molecule has 3 aromatic heterocycles. The summed E-state index contributed by atoms with van der Waals surface area (Å²) in [7, 11) is 0. The van der Waals surface area contributed by atoms with E-state index in [2.05, 4.69) is 35.5 Å². The molecule has 0 unspecified atom stereocenters. The normalized spacial score (nSPS) is 12.5. The van der Waals surface area contributed by atoms with Crippen molar-refractivity contribution < 1.29 is 17.9 Å². The first-order chi connectivity index (χ1) is 17.5. The number of nitrogens with zero attached hydrogens (tertiary/aromatic N) is 5. The molecule has 0 spiro atoms. The molecule has 3 heterocycles. The van der Waals surface area contributed by atoms with Crippen LogP contribution in [0.5, 0.6) is 11.6 Å². The highest BCUT2D eigenvalue weighted by Crippen LogP contribution is 2.37. The Labute approximate surface area is 201 Å². The van der Waals surface area contributed by atoms with E-state index in [0.717, 1.165) is 29.0 Å². The molecule has 2 aromatic carbocycles. The van der Waals surface area contributed by atoms with Gasteiger partial charge in [0.15, 0.2) is 23.2 Å². The minimum atomic E-state index is -0.991. The Balaban J connectivity index is 1.26. The van der Waals surface area contributed by atoms with Crippen LogP contribution in [-0.4, -0.2) is 30.1 Å². The van der Waals surface area contributed by atoms with E-state index in [1.54, 1.807) is 31.5 Å². The number of aromatic amines is 1. The lowest BCUT2D eigenvalue weighted by Crippen LogP contribution is -2.03. The fraction of sp³-hybridized carbons (Fsp3) is 0.0800. The Kier molecular flexibility index (Phi) is 5.10. The van der Waals surface area contributed by atoms with Crippen LogP contribution in [0.25, 0.3) is 28.4 Å². The number of anilines is 2. The van der Waals surface area contributed by atoms with Gasteiger partial charge in [-0.2, -0.15) is 14.5 Å². The summed E-state index contributed by atoms with van der Waals surface area (Å²) in [5, 5.41) is 9.75. The van der Waals surface area contributed by atoms with Crippen LogP contribution in [0.2, 0.25) is 0 Å². The molecule has 2 N–H and O–H groups in total. The molecule has 0 fully saturated rings. The number of rotatable bonds is 5. The van der Waals surface area contributed by atoms with Crippen molar-refractivity contribution in [2.45, 2.75) is 13.3 Å². The van der Waals surface area contributed by atoms with Gasteiger partial charge >= 0.3 is 0 Å². The van der Waals surface area contributed by atoms with Crippen molar-refractivity contribution in [3.63, 3.8) is 0 Å². The second-order valence-corrected chi connectivity index (χ2v) is 8.23. The molecule has 5 aromatic rings. The molecule has 0 bridgehead atoms. The van der Waals surface area contributed by atoms with Crippen molar-refractivity contribution in [3.05, 3.63) is 83.2 Å². The maximum absolute atomic E-state index is 15.1. The molecule has 0 radical (unpaired) electrons. The number of nitrogens with one attached hydrogen (secondary N) is 2. The van der Waals surface area contributed by atoms with E-state index < -0.39 is 29.1 Å². The number of benzene rings is 2. The van der Waals surface area contributed by atoms with Gasteiger partial charge in [-0.15, -0.1) is 0 Å². The molecule has 6 rings (SSSR count). The standard InChI is InChI=1S/C25H16F3N7O/c1-12-6-14-15(7-12)22(27)20(9-16(14)26)36-25-23(28)24(31-11-32-25)33-21-10-18(34-35-21)13-2-3-17-19(8-13)30-5-4-29-17/h2-5,7-11H,6H2,1H3,(H2,31,32,33,34,35). The second-order valence-electron chi connectivity index (χ2n) is 8.23. The van der Waals surface area contributed by atoms with Crippen molar-refractivity contribution in [1.82, 2.24) is 30.1 Å². The third-order valence-electron chi connectivity index (χ3n) is 5.74. The third kappa shape index (κ3) is 3.80.